The number of carbonyl (C=O) groups is 3. The molecule has 42 heavy (non-hydrogen) atoms. The standard InChI is InChI=1S/C27H21N3O11S/c1-42(37,38)18-7-5-15(6-8-18)14-40-17-4-2-3-16(13-17)19-11-12-39-24(19)27(34)41-26(33)20-9-10-21(31)23(30(35)36)22(20)25(32)29-28/h2-13,31H,14,28H2,1H3,(H,29,32). The molecule has 0 aliphatic heterocycles. The van der Waals surface area contributed by atoms with E-state index in [1.807, 2.05) is 0 Å². The molecular formula is C27H21N3O11S. The molecule has 15 heteroatoms. The zero-order chi connectivity index (χ0) is 30.6. The Morgan fingerprint density at radius 3 is 2.40 bits per heavy atom. The minimum Gasteiger partial charge on any atom is -0.502 e. The summed E-state index contributed by atoms with van der Waals surface area (Å²) >= 11 is 0. The minimum atomic E-state index is -3.33. The number of carbonyl (C=O) groups excluding carboxylic acids is 3. The second-order valence-corrected chi connectivity index (χ2v) is 10.7. The van der Waals surface area contributed by atoms with Gasteiger partial charge in [0.25, 0.3) is 5.91 Å². The highest BCUT2D eigenvalue weighted by atomic mass is 32.2. The minimum absolute atomic E-state index is 0.111. The molecule has 3 aromatic carbocycles. The lowest BCUT2D eigenvalue weighted by atomic mass is 10.0. The fourth-order valence-corrected chi connectivity index (χ4v) is 4.50. The zero-order valence-corrected chi connectivity index (χ0v) is 22.4. The number of nitro groups is 1. The molecule has 0 atom stereocenters. The molecule has 1 heterocycles. The molecule has 4 N–H and O–H groups in total. The summed E-state index contributed by atoms with van der Waals surface area (Å²) in [6, 6.07) is 15.8. The number of aromatic hydroxyl groups is 1. The SMILES string of the molecule is CS(=O)(=O)c1ccc(COc2cccc(-c3ccoc3C(=O)OC(=O)c3ccc(O)c([N+](=O)[O-])c3C(=O)NN)c2)cc1. The number of esters is 2. The summed E-state index contributed by atoms with van der Waals surface area (Å²) < 4.78 is 39.2. The number of nitro benzene ring substituents is 1. The summed E-state index contributed by atoms with van der Waals surface area (Å²) in [7, 11) is -3.33. The summed E-state index contributed by atoms with van der Waals surface area (Å²) in [4.78, 5) is 48.4. The van der Waals surface area contributed by atoms with Crippen LogP contribution in [0.3, 0.4) is 0 Å². The van der Waals surface area contributed by atoms with Crippen molar-refractivity contribution in [2.75, 3.05) is 6.26 Å². The van der Waals surface area contributed by atoms with Gasteiger partial charge in [-0.15, -0.1) is 0 Å². The summed E-state index contributed by atoms with van der Waals surface area (Å²) in [5.41, 5.74) is 0.283. The van der Waals surface area contributed by atoms with Crippen molar-refractivity contribution in [3.8, 4) is 22.6 Å². The van der Waals surface area contributed by atoms with Gasteiger partial charge in [0.1, 0.15) is 17.9 Å². The van der Waals surface area contributed by atoms with Gasteiger partial charge in [0, 0.05) is 11.8 Å². The van der Waals surface area contributed by atoms with Gasteiger partial charge in [0.2, 0.25) is 5.76 Å². The van der Waals surface area contributed by atoms with Crippen LogP contribution in [-0.2, 0) is 21.2 Å². The van der Waals surface area contributed by atoms with Crippen LogP contribution in [0.15, 0.2) is 82.3 Å². The normalized spacial score (nSPS) is 11.0. The lowest BCUT2D eigenvalue weighted by Crippen LogP contribution is -2.32. The highest BCUT2D eigenvalue weighted by Crippen LogP contribution is 2.33. The van der Waals surface area contributed by atoms with Crippen molar-refractivity contribution in [3.05, 3.63) is 106 Å². The predicted octanol–water partition coefficient (Wildman–Crippen LogP) is 3.14. The second-order valence-electron chi connectivity index (χ2n) is 8.66. The third-order valence-electron chi connectivity index (χ3n) is 5.86. The first-order valence-electron chi connectivity index (χ1n) is 11.8. The van der Waals surface area contributed by atoms with E-state index >= 15 is 0 Å². The maximum absolute atomic E-state index is 12.9. The van der Waals surface area contributed by atoms with Crippen molar-refractivity contribution < 1.29 is 46.7 Å². The van der Waals surface area contributed by atoms with Crippen molar-refractivity contribution in [2.24, 2.45) is 5.84 Å². The third kappa shape index (κ3) is 6.27. The average molecular weight is 596 g/mol. The number of benzene rings is 3. The molecule has 4 aromatic rings. The first kappa shape index (κ1) is 29.4. The lowest BCUT2D eigenvalue weighted by Gasteiger charge is -2.10. The van der Waals surface area contributed by atoms with Crippen molar-refractivity contribution in [3.63, 3.8) is 0 Å². The number of furan rings is 1. The van der Waals surface area contributed by atoms with Gasteiger partial charge in [-0.3, -0.25) is 20.3 Å². The van der Waals surface area contributed by atoms with Crippen LogP contribution in [0.1, 0.15) is 36.8 Å². The second kappa shape index (κ2) is 11.9. The van der Waals surface area contributed by atoms with Crippen molar-refractivity contribution >= 4 is 33.4 Å². The van der Waals surface area contributed by atoms with Gasteiger partial charge >= 0.3 is 17.6 Å². The Morgan fingerprint density at radius 1 is 1.05 bits per heavy atom. The number of nitrogens with zero attached hydrogens (tertiary/aromatic N) is 1. The highest BCUT2D eigenvalue weighted by molar-refractivity contribution is 7.90. The Bertz CT molecular complexity index is 1810. The largest absolute Gasteiger partial charge is 0.502 e. The fraction of sp³-hybridized carbons (Fsp3) is 0.0741. The van der Waals surface area contributed by atoms with E-state index in [4.69, 9.17) is 19.7 Å². The van der Waals surface area contributed by atoms with E-state index in [-0.39, 0.29) is 17.1 Å². The number of sulfone groups is 1. The van der Waals surface area contributed by atoms with Gasteiger partial charge in [-0.25, -0.2) is 23.8 Å². The number of hydrogen-bond acceptors (Lipinski definition) is 12. The van der Waals surface area contributed by atoms with Gasteiger partial charge in [-0.1, -0.05) is 24.3 Å². The van der Waals surface area contributed by atoms with Crippen LogP contribution in [0.4, 0.5) is 5.69 Å². The first-order chi connectivity index (χ1) is 19.9. The molecule has 0 bridgehead atoms. The number of nitrogens with two attached hydrogens (primary N) is 1. The molecule has 216 valence electrons. The monoisotopic (exact) mass is 595 g/mol. The van der Waals surface area contributed by atoms with E-state index in [0.29, 0.717) is 16.9 Å². The average Bonchev–Trinajstić information content (AvgIpc) is 3.45. The summed E-state index contributed by atoms with van der Waals surface area (Å²) in [5.74, 6) is 0.167. The van der Waals surface area contributed by atoms with Crippen molar-refractivity contribution in [2.45, 2.75) is 11.5 Å². The summed E-state index contributed by atoms with van der Waals surface area (Å²) in [5, 5.41) is 21.3. The molecule has 0 aliphatic carbocycles. The van der Waals surface area contributed by atoms with Gasteiger partial charge in [-0.05, 0) is 53.6 Å². The molecule has 4 rings (SSSR count). The molecule has 1 aromatic heterocycles. The number of rotatable bonds is 9. The Hall–Kier alpha value is -5.54. The van der Waals surface area contributed by atoms with Gasteiger partial charge < -0.3 is 19.0 Å². The Kier molecular flexibility index (Phi) is 8.35. The number of hydrazine groups is 1. The van der Waals surface area contributed by atoms with Crippen LogP contribution in [0, 0.1) is 10.1 Å². The van der Waals surface area contributed by atoms with Crippen LogP contribution in [0.25, 0.3) is 11.1 Å². The Labute approximate surface area is 237 Å². The Morgan fingerprint density at radius 2 is 1.76 bits per heavy atom. The molecule has 0 saturated carbocycles. The maximum Gasteiger partial charge on any atom is 0.382 e. The van der Waals surface area contributed by atoms with E-state index < -0.39 is 60.9 Å². The third-order valence-corrected chi connectivity index (χ3v) is 6.98. The molecular weight excluding hydrogens is 574 g/mol. The Balaban J connectivity index is 1.54. The topological polar surface area (TPSA) is 218 Å². The van der Waals surface area contributed by atoms with E-state index in [0.717, 1.165) is 18.4 Å². The van der Waals surface area contributed by atoms with Gasteiger partial charge in [-0.2, -0.15) is 0 Å². The number of phenolic OH excluding ortho intramolecular Hbond substituents is 1. The molecule has 1 amide bonds. The molecule has 0 fully saturated rings. The van der Waals surface area contributed by atoms with Crippen molar-refractivity contribution in [1.82, 2.24) is 5.43 Å². The highest BCUT2D eigenvalue weighted by Gasteiger charge is 2.33. The molecule has 0 spiro atoms. The zero-order valence-electron chi connectivity index (χ0n) is 21.6. The number of nitrogen functional groups attached to an aromatic ring is 1. The van der Waals surface area contributed by atoms with Crippen LogP contribution in [0.2, 0.25) is 0 Å². The van der Waals surface area contributed by atoms with Crippen LogP contribution in [0.5, 0.6) is 11.5 Å². The molecule has 0 aliphatic rings. The van der Waals surface area contributed by atoms with Crippen molar-refractivity contribution in [1.29, 1.82) is 0 Å². The summed E-state index contributed by atoms with van der Waals surface area (Å²) in [6.45, 7) is 0.111. The van der Waals surface area contributed by atoms with E-state index in [1.165, 1.54) is 24.5 Å². The number of amides is 1. The number of hydrogen-bond donors (Lipinski definition) is 3. The van der Waals surface area contributed by atoms with Gasteiger partial charge in [0.05, 0.1) is 21.6 Å². The van der Waals surface area contributed by atoms with Crippen LogP contribution in [-0.4, -0.2) is 42.5 Å². The van der Waals surface area contributed by atoms with Crippen LogP contribution >= 0.6 is 0 Å². The molecule has 0 radical (unpaired) electrons. The molecule has 0 unspecified atom stereocenters. The number of nitrogens with one attached hydrogen (secondary N) is 1. The van der Waals surface area contributed by atoms with Crippen LogP contribution < -0.4 is 16.0 Å². The maximum atomic E-state index is 12.9. The predicted molar refractivity (Wildman–Crippen MR) is 144 cm³/mol. The lowest BCUT2D eigenvalue weighted by molar-refractivity contribution is -0.386. The van der Waals surface area contributed by atoms with E-state index in [1.54, 1.807) is 41.8 Å². The quantitative estimate of drug-likeness (QED) is 0.0635. The first-order valence-corrected chi connectivity index (χ1v) is 13.7. The van der Waals surface area contributed by atoms with E-state index in [2.05, 4.69) is 0 Å². The molecule has 14 nitrogen and oxygen atoms in total. The van der Waals surface area contributed by atoms with E-state index in [9.17, 15) is 38.0 Å². The smallest absolute Gasteiger partial charge is 0.382 e. The number of phenols is 1. The molecule has 0 saturated heterocycles. The number of ether oxygens (including phenoxy) is 2. The fourth-order valence-electron chi connectivity index (χ4n) is 3.87. The summed E-state index contributed by atoms with van der Waals surface area (Å²) in [6.07, 6.45) is 2.28. The van der Waals surface area contributed by atoms with Gasteiger partial charge in [0.15, 0.2) is 15.6 Å².